The van der Waals surface area contributed by atoms with Crippen LogP contribution in [0.1, 0.15) is 6.42 Å². The fraction of sp³-hybridized carbons (Fsp3) is 0.316. The largest absolute Gasteiger partial charge is 0.495 e. The van der Waals surface area contributed by atoms with Gasteiger partial charge < -0.3 is 24.5 Å². The standard InChI is InChI=1S/C19H20N2O4.ClH/c1-23-18-9-14-13-4-2-3-5-16(13)25-17(14)10-15(18)21-19(22)8-12-11-24-7-6-20-12;/h2-5,9-10,12,20H,6-8,11H2,1H3,(H,21,22);1H. The second kappa shape index (κ2) is 7.95. The summed E-state index contributed by atoms with van der Waals surface area (Å²) in [6.07, 6.45) is 0.349. The normalized spacial score (nSPS) is 17.0. The molecule has 1 saturated heterocycles. The van der Waals surface area contributed by atoms with Crippen LogP contribution in [-0.2, 0) is 9.53 Å². The number of carbonyl (C=O) groups excluding carboxylic acids is 1. The number of methoxy groups -OCH3 is 1. The summed E-state index contributed by atoms with van der Waals surface area (Å²) in [4.78, 5) is 12.4. The molecule has 26 heavy (non-hydrogen) atoms. The van der Waals surface area contributed by atoms with Crippen LogP contribution in [0.4, 0.5) is 5.69 Å². The van der Waals surface area contributed by atoms with Crippen LogP contribution in [0, 0.1) is 0 Å². The number of fused-ring (bicyclic) bond motifs is 3. The number of carbonyl (C=O) groups is 1. The van der Waals surface area contributed by atoms with Gasteiger partial charge in [0.05, 0.1) is 26.0 Å². The maximum atomic E-state index is 12.4. The predicted molar refractivity (Wildman–Crippen MR) is 103 cm³/mol. The van der Waals surface area contributed by atoms with Crippen LogP contribution >= 0.6 is 12.4 Å². The summed E-state index contributed by atoms with van der Waals surface area (Å²) in [6, 6.07) is 11.6. The van der Waals surface area contributed by atoms with E-state index < -0.39 is 0 Å². The fourth-order valence-corrected chi connectivity index (χ4v) is 3.19. The molecule has 0 aliphatic carbocycles. The van der Waals surface area contributed by atoms with Crippen molar-refractivity contribution in [3.63, 3.8) is 0 Å². The summed E-state index contributed by atoms with van der Waals surface area (Å²) in [5.41, 5.74) is 2.14. The smallest absolute Gasteiger partial charge is 0.226 e. The number of amides is 1. The molecule has 3 aromatic rings. The molecule has 0 saturated carbocycles. The minimum Gasteiger partial charge on any atom is -0.495 e. The Morgan fingerprint density at radius 1 is 1.27 bits per heavy atom. The molecule has 4 rings (SSSR count). The van der Waals surface area contributed by atoms with Crippen molar-refractivity contribution in [1.82, 2.24) is 5.32 Å². The van der Waals surface area contributed by atoms with Crippen molar-refractivity contribution in [2.24, 2.45) is 0 Å². The van der Waals surface area contributed by atoms with Crippen LogP contribution in [0.5, 0.6) is 5.75 Å². The second-order valence-corrected chi connectivity index (χ2v) is 6.13. The number of morpholine rings is 1. The van der Waals surface area contributed by atoms with Gasteiger partial charge in [-0.3, -0.25) is 4.79 Å². The molecule has 0 radical (unpaired) electrons. The van der Waals surface area contributed by atoms with E-state index in [4.69, 9.17) is 13.9 Å². The second-order valence-electron chi connectivity index (χ2n) is 6.13. The maximum absolute atomic E-state index is 12.4. The van der Waals surface area contributed by atoms with Crippen molar-refractivity contribution in [2.45, 2.75) is 12.5 Å². The third kappa shape index (κ3) is 3.62. The highest BCUT2D eigenvalue weighted by molar-refractivity contribution is 6.07. The van der Waals surface area contributed by atoms with Gasteiger partial charge in [0.2, 0.25) is 5.91 Å². The van der Waals surface area contributed by atoms with Crippen LogP contribution in [0.3, 0.4) is 0 Å². The van der Waals surface area contributed by atoms with Gasteiger partial charge in [0.25, 0.3) is 0 Å². The van der Waals surface area contributed by atoms with Crippen LogP contribution in [-0.4, -0.2) is 38.8 Å². The number of benzene rings is 2. The Morgan fingerprint density at radius 3 is 2.88 bits per heavy atom. The number of nitrogens with one attached hydrogen (secondary N) is 2. The van der Waals surface area contributed by atoms with Crippen molar-refractivity contribution < 1.29 is 18.7 Å². The molecule has 1 aliphatic heterocycles. The average molecular weight is 377 g/mol. The minimum atomic E-state index is -0.0863. The lowest BCUT2D eigenvalue weighted by atomic mass is 10.1. The van der Waals surface area contributed by atoms with Gasteiger partial charge in [0.1, 0.15) is 16.9 Å². The molecule has 1 aliphatic rings. The summed E-state index contributed by atoms with van der Waals surface area (Å²) >= 11 is 0. The highest BCUT2D eigenvalue weighted by Crippen LogP contribution is 2.36. The zero-order chi connectivity index (χ0) is 17.2. The molecule has 1 aromatic heterocycles. The Labute approximate surface area is 157 Å². The molecule has 1 amide bonds. The van der Waals surface area contributed by atoms with E-state index in [2.05, 4.69) is 10.6 Å². The van der Waals surface area contributed by atoms with Crippen molar-refractivity contribution in [3.8, 4) is 5.75 Å². The van der Waals surface area contributed by atoms with Crippen LogP contribution in [0.15, 0.2) is 40.8 Å². The fourth-order valence-electron chi connectivity index (χ4n) is 3.19. The number of furan rings is 1. The highest BCUT2D eigenvalue weighted by Gasteiger charge is 2.19. The third-order valence-electron chi connectivity index (χ3n) is 4.40. The predicted octanol–water partition coefficient (Wildman–Crippen LogP) is 3.33. The molecular formula is C19H21ClN2O4. The average Bonchev–Trinajstić information content (AvgIpc) is 2.99. The molecular weight excluding hydrogens is 356 g/mol. The summed E-state index contributed by atoms with van der Waals surface area (Å²) in [5.74, 6) is 0.525. The monoisotopic (exact) mass is 376 g/mol. The van der Waals surface area contributed by atoms with Crippen molar-refractivity contribution in [2.75, 3.05) is 32.2 Å². The lowest BCUT2D eigenvalue weighted by molar-refractivity contribution is -0.117. The maximum Gasteiger partial charge on any atom is 0.226 e. The zero-order valence-electron chi connectivity index (χ0n) is 14.4. The van der Waals surface area contributed by atoms with Crippen molar-refractivity contribution in [1.29, 1.82) is 0 Å². The van der Waals surface area contributed by atoms with E-state index in [1.165, 1.54) is 0 Å². The van der Waals surface area contributed by atoms with E-state index in [1.54, 1.807) is 7.11 Å². The molecule has 2 aromatic carbocycles. The van der Waals surface area contributed by atoms with Gasteiger partial charge >= 0.3 is 0 Å². The number of hydrogen-bond acceptors (Lipinski definition) is 5. The third-order valence-corrected chi connectivity index (χ3v) is 4.40. The first-order valence-corrected chi connectivity index (χ1v) is 8.35. The lowest BCUT2D eigenvalue weighted by Crippen LogP contribution is -2.43. The molecule has 1 fully saturated rings. The first-order chi connectivity index (χ1) is 12.2. The first kappa shape index (κ1) is 18.5. The number of rotatable bonds is 4. The summed E-state index contributed by atoms with van der Waals surface area (Å²) in [7, 11) is 1.59. The summed E-state index contributed by atoms with van der Waals surface area (Å²) < 4.78 is 16.7. The molecule has 138 valence electrons. The Morgan fingerprint density at radius 2 is 2.12 bits per heavy atom. The number of ether oxygens (including phenoxy) is 2. The van der Waals surface area contributed by atoms with Crippen LogP contribution < -0.4 is 15.4 Å². The quantitative estimate of drug-likeness (QED) is 0.730. The Hall–Kier alpha value is -2.28. The molecule has 1 unspecified atom stereocenters. The van der Waals surface area contributed by atoms with Gasteiger partial charge in [-0.25, -0.2) is 0 Å². The molecule has 2 N–H and O–H groups in total. The lowest BCUT2D eigenvalue weighted by Gasteiger charge is -2.23. The van der Waals surface area contributed by atoms with Crippen molar-refractivity contribution in [3.05, 3.63) is 36.4 Å². The summed E-state index contributed by atoms with van der Waals surface area (Å²) in [6.45, 7) is 2.01. The first-order valence-electron chi connectivity index (χ1n) is 8.35. The SMILES string of the molecule is COc1cc2c(cc1NC(=O)CC1COCCN1)oc1ccccc12.Cl. The topological polar surface area (TPSA) is 72.7 Å². The van der Waals surface area contributed by atoms with Gasteiger partial charge in [-0.15, -0.1) is 12.4 Å². The van der Waals surface area contributed by atoms with Crippen LogP contribution in [0.2, 0.25) is 0 Å². The van der Waals surface area contributed by atoms with E-state index in [0.29, 0.717) is 31.1 Å². The van der Waals surface area contributed by atoms with Gasteiger partial charge in [-0.2, -0.15) is 0 Å². The van der Waals surface area contributed by atoms with Gasteiger partial charge in [-0.1, -0.05) is 18.2 Å². The van der Waals surface area contributed by atoms with E-state index >= 15 is 0 Å². The number of anilines is 1. The van der Waals surface area contributed by atoms with Gasteiger partial charge in [0, 0.05) is 35.8 Å². The zero-order valence-corrected chi connectivity index (χ0v) is 15.2. The highest BCUT2D eigenvalue weighted by atomic mass is 35.5. The molecule has 1 atom stereocenters. The van der Waals surface area contributed by atoms with Crippen molar-refractivity contribution >= 4 is 45.9 Å². The van der Waals surface area contributed by atoms with E-state index in [1.807, 2.05) is 36.4 Å². The molecule has 2 heterocycles. The van der Waals surface area contributed by atoms with E-state index in [0.717, 1.165) is 28.5 Å². The molecule has 6 nitrogen and oxygen atoms in total. The van der Waals surface area contributed by atoms with Crippen LogP contribution in [0.25, 0.3) is 21.9 Å². The number of halogens is 1. The molecule has 0 bridgehead atoms. The minimum absolute atomic E-state index is 0. The molecule has 0 spiro atoms. The Balaban J connectivity index is 0.00000196. The van der Waals surface area contributed by atoms with Gasteiger partial charge in [-0.05, 0) is 12.1 Å². The Bertz CT molecular complexity index is 918. The van der Waals surface area contributed by atoms with Gasteiger partial charge in [0.15, 0.2) is 0 Å². The number of hydrogen-bond donors (Lipinski definition) is 2. The van der Waals surface area contributed by atoms with E-state index in [-0.39, 0.29) is 24.4 Å². The Kier molecular flexibility index (Phi) is 5.66. The molecule has 7 heteroatoms. The summed E-state index contributed by atoms with van der Waals surface area (Å²) in [5, 5.41) is 8.19. The van der Waals surface area contributed by atoms with E-state index in [9.17, 15) is 4.79 Å². The number of para-hydroxylation sites is 1.